The van der Waals surface area contributed by atoms with E-state index in [1.54, 1.807) is 12.1 Å². The van der Waals surface area contributed by atoms with Gasteiger partial charge in [0, 0.05) is 21.9 Å². The van der Waals surface area contributed by atoms with E-state index in [-0.39, 0.29) is 18.0 Å². The smallest absolute Gasteiger partial charge is 0.339 e. The lowest BCUT2D eigenvalue weighted by Gasteiger charge is -2.24. The molecule has 0 radical (unpaired) electrons. The number of ether oxygens (including phenoxy) is 1. The molecule has 0 fully saturated rings. The highest BCUT2D eigenvalue weighted by Gasteiger charge is 2.37. The number of carbonyl (C=O) groups excluding carboxylic acids is 1. The molecule has 0 spiro atoms. The highest BCUT2D eigenvalue weighted by atomic mass is 32.2. The Morgan fingerprint density at radius 3 is 2.67 bits per heavy atom. The molecule has 1 N–H and O–H groups in total. The summed E-state index contributed by atoms with van der Waals surface area (Å²) >= 11 is 2.76. The molecule has 0 aliphatic heterocycles. The van der Waals surface area contributed by atoms with E-state index in [0.717, 1.165) is 9.77 Å². The molecule has 1 aromatic carbocycles. The monoisotopic (exact) mass is 326 g/mol. The van der Waals surface area contributed by atoms with Crippen LogP contribution in [0.25, 0.3) is 0 Å². The van der Waals surface area contributed by atoms with Gasteiger partial charge in [-0.2, -0.15) is 0 Å². The Labute approximate surface area is 130 Å². The van der Waals surface area contributed by atoms with Crippen molar-refractivity contribution in [2.75, 3.05) is 12.9 Å². The van der Waals surface area contributed by atoms with Gasteiger partial charge in [0.25, 0.3) is 0 Å². The third kappa shape index (κ3) is 4.30. The first kappa shape index (κ1) is 16.0. The van der Waals surface area contributed by atoms with Gasteiger partial charge in [-0.05, 0) is 35.7 Å². The molecule has 6 heteroatoms. The Hall–Kier alpha value is -1.37. The molecule has 112 valence electrons. The number of thioether (sulfide) groups is 1. The first-order chi connectivity index (χ1) is 10.0. The fraction of sp³-hybridized carbons (Fsp3) is 0.267. The maximum absolute atomic E-state index is 12.9. The summed E-state index contributed by atoms with van der Waals surface area (Å²) in [5.74, 6) is -0.838. The molecule has 1 atom stereocenters. The van der Waals surface area contributed by atoms with E-state index in [1.807, 2.05) is 17.5 Å². The number of hydrogen-bond acceptors (Lipinski definition) is 5. The molecular formula is C15H15FO3S2. The summed E-state index contributed by atoms with van der Waals surface area (Å²) < 4.78 is 17.6. The van der Waals surface area contributed by atoms with Crippen molar-refractivity contribution in [3.8, 4) is 0 Å². The number of halogens is 1. The topological polar surface area (TPSA) is 46.5 Å². The summed E-state index contributed by atoms with van der Waals surface area (Å²) in [4.78, 5) is 13.6. The van der Waals surface area contributed by atoms with Crippen molar-refractivity contribution >= 4 is 29.1 Å². The average molecular weight is 326 g/mol. The van der Waals surface area contributed by atoms with Crippen molar-refractivity contribution in [3.05, 3.63) is 52.5 Å². The van der Waals surface area contributed by atoms with E-state index in [0.29, 0.717) is 0 Å². The van der Waals surface area contributed by atoms with Crippen molar-refractivity contribution in [2.24, 2.45) is 0 Å². The van der Waals surface area contributed by atoms with E-state index in [4.69, 9.17) is 4.74 Å². The Morgan fingerprint density at radius 2 is 2.10 bits per heavy atom. The van der Waals surface area contributed by atoms with Crippen LogP contribution in [-0.4, -0.2) is 29.5 Å². The molecule has 0 unspecified atom stereocenters. The van der Waals surface area contributed by atoms with Crippen molar-refractivity contribution in [1.82, 2.24) is 0 Å². The number of rotatable bonds is 6. The third-order valence-electron chi connectivity index (χ3n) is 2.90. The zero-order valence-corrected chi connectivity index (χ0v) is 13.0. The minimum absolute atomic E-state index is 0.142. The van der Waals surface area contributed by atoms with Gasteiger partial charge in [-0.25, -0.2) is 9.18 Å². The van der Waals surface area contributed by atoms with E-state index in [2.05, 4.69) is 0 Å². The minimum Gasteiger partial charge on any atom is -0.467 e. The molecule has 1 aromatic heterocycles. The Bertz CT molecular complexity index is 583. The third-order valence-corrected chi connectivity index (χ3v) is 5.01. The average Bonchev–Trinajstić information content (AvgIpc) is 2.98. The van der Waals surface area contributed by atoms with Gasteiger partial charge in [-0.1, -0.05) is 6.07 Å². The van der Waals surface area contributed by atoms with Crippen molar-refractivity contribution < 1.29 is 19.0 Å². The van der Waals surface area contributed by atoms with E-state index >= 15 is 0 Å². The summed E-state index contributed by atoms with van der Waals surface area (Å²) in [6, 6.07) is 9.65. The fourth-order valence-electron chi connectivity index (χ4n) is 1.81. The molecule has 0 bridgehead atoms. The van der Waals surface area contributed by atoms with Crippen LogP contribution in [0, 0.1) is 5.82 Å². The van der Waals surface area contributed by atoms with Crippen LogP contribution in [0.5, 0.6) is 0 Å². The van der Waals surface area contributed by atoms with Gasteiger partial charge in [0.1, 0.15) is 5.82 Å². The molecule has 3 nitrogen and oxygen atoms in total. The van der Waals surface area contributed by atoms with Crippen LogP contribution >= 0.6 is 23.1 Å². The van der Waals surface area contributed by atoms with Gasteiger partial charge in [0.15, 0.2) is 5.60 Å². The van der Waals surface area contributed by atoms with Gasteiger partial charge < -0.3 is 9.84 Å². The second-order valence-corrected chi connectivity index (χ2v) is 6.60. The number of esters is 1. The van der Waals surface area contributed by atoms with Crippen LogP contribution in [0.4, 0.5) is 4.39 Å². The van der Waals surface area contributed by atoms with Crippen LogP contribution in [-0.2, 0) is 16.0 Å². The summed E-state index contributed by atoms with van der Waals surface area (Å²) in [6.07, 6.45) is 0.200. The molecule has 0 saturated heterocycles. The highest BCUT2D eigenvalue weighted by Crippen LogP contribution is 2.27. The maximum atomic E-state index is 12.9. The Kier molecular flexibility index (Phi) is 5.39. The van der Waals surface area contributed by atoms with Crippen LogP contribution in [0.1, 0.15) is 4.88 Å². The van der Waals surface area contributed by atoms with Gasteiger partial charge in [0.05, 0.1) is 7.11 Å². The summed E-state index contributed by atoms with van der Waals surface area (Å²) in [6.45, 7) is 0. The van der Waals surface area contributed by atoms with Crippen molar-refractivity contribution in [3.63, 3.8) is 0 Å². The predicted molar refractivity (Wildman–Crippen MR) is 82.1 cm³/mol. The van der Waals surface area contributed by atoms with Gasteiger partial charge in [-0.15, -0.1) is 23.1 Å². The summed E-state index contributed by atoms with van der Waals surface area (Å²) in [5, 5.41) is 12.5. The Morgan fingerprint density at radius 1 is 1.38 bits per heavy atom. The van der Waals surface area contributed by atoms with E-state index in [1.165, 1.54) is 42.3 Å². The standard InChI is InChI=1S/C15H15FO3S2/c1-19-14(17)15(18,9-13-3-2-8-20-13)10-21-12-6-4-11(16)5-7-12/h2-8,18H,9-10H2,1H3/t15-/m0/s1. The SMILES string of the molecule is COC(=O)[C@@](O)(CSc1ccc(F)cc1)Cc1cccs1. The van der Waals surface area contributed by atoms with Crippen LogP contribution in [0.3, 0.4) is 0 Å². The molecule has 0 saturated carbocycles. The number of hydrogen-bond donors (Lipinski definition) is 1. The number of benzene rings is 1. The lowest BCUT2D eigenvalue weighted by Crippen LogP contribution is -2.44. The molecule has 2 rings (SSSR count). The van der Waals surface area contributed by atoms with E-state index in [9.17, 15) is 14.3 Å². The molecule has 1 heterocycles. The van der Waals surface area contributed by atoms with Gasteiger partial charge in [-0.3, -0.25) is 0 Å². The quantitative estimate of drug-likeness (QED) is 0.654. The first-order valence-corrected chi connectivity index (χ1v) is 8.11. The van der Waals surface area contributed by atoms with Crippen LogP contribution < -0.4 is 0 Å². The largest absolute Gasteiger partial charge is 0.467 e. The minimum atomic E-state index is -1.60. The fourth-order valence-corrected chi connectivity index (χ4v) is 3.57. The lowest BCUT2D eigenvalue weighted by atomic mass is 10.0. The number of aliphatic hydroxyl groups is 1. The zero-order valence-electron chi connectivity index (χ0n) is 11.4. The van der Waals surface area contributed by atoms with Gasteiger partial charge in [0.2, 0.25) is 0 Å². The molecule has 0 amide bonds. The van der Waals surface area contributed by atoms with Crippen molar-refractivity contribution in [1.29, 1.82) is 0 Å². The zero-order chi connectivity index (χ0) is 15.3. The normalized spacial score (nSPS) is 13.7. The van der Waals surface area contributed by atoms with Crippen LogP contribution in [0.2, 0.25) is 0 Å². The second kappa shape index (κ2) is 7.06. The number of thiophene rings is 1. The number of methoxy groups -OCH3 is 1. The maximum Gasteiger partial charge on any atom is 0.339 e. The van der Waals surface area contributed by atoms with Crippen molar-refractivity contribution in [2.45, 2.75) is 16.9 Å². The lowest BCUT2D eigenvalue weighted by molar-refractivity contribution is -0.159. The van der Waals surface area contributed by atoms with Crippen LogP contribution in [0.15, 0.2) is 46.7 Å². The highest BCUT2D eigenvalue weighted by molar-refractivity contribution is 7.99. The molecule has 0 aliphatic carbocycles. The second-order valence-electron chi connectivity index (χ2n) is 4.52. The molecule has 2 aromatic rings. The van der Waals surface area contributed by atoms with E-state index < -0.39 is 11.6 Å². The molecule has 21 heavy (non-hydrogen) atoms. The first-order valence-electron chi connectivity index (χ1n) is 6.25. The Balaban J connectivity index is 2.08. The summed E-state index contributed by atoms with van der Waals surface area (Å²) in [7, 11) is 1.25. The van der Waals surface area contributed by atoms with Gasteiger partial charge >= 0.3 is 5.97 Å². The summed E-state index contributed by atoms with van der Waals surface area (Å²) in [5.41, 5.74) is -1.60. The predicted octanol–water partition coefficient (Wildman–Crippen LogP) is 3.13. The molecular weight excluding hydrogens is 311 g/mol. The number of carbonyl (C=O) groups is 1. The molecule has 0 aliphatic rings.